The van der Waals surface area contributed by atoms with Crippen LogP contribution in [-0.4, -0.2) is 48.6 Å². The van der Waals surface area contributed by atoms with Gasteiger partial charge in [-0.1, -0.05) is 6.92 Å². The van der Waals surface area contributed by atoms with E-state index in [9.17, 15) is 9.59 Å². The van der Waals surface area contributed by atoms with E-state index in [1.165, 1.54) is 0 Å². The molecule has 0 aromatic carbocycles. The predicted octanol–water partition coefficient (Wildman–Crippen LogP) is 1.32. The van der Waals surface area contributed by atoms with E-state index in [-0.39, 0.29) is 17.8 Å². The zero-order chi connectivity index (χ0) is 14.6. The molecule has 20 heavy (non-hydrogen) atoms. The Hall–Kier alpha value is -1.10. The molecule has 1 N–H and O–H groups in total. The van der Waals surface area contributed by atoms with Gasteiger partial charge in [-0.3, -0.25) is 9.59 Å². The highest BCUT2D eigenvalue weighted by Gasteiger charge is 2.43. The number of hydrogen-bond acceptors (Lipinski definition) is 4. The van der Waals surface area contributed by atoms with Crippen molar-refractivity contribution in [1.29, 1.82) is 0 Å². The number of nitrogens with zero attached hydrogens (tertiary/aromatic N) is 1. The SMILES string of the molecule is CCOC(=O)C1CCCN(C(=O)C2(CC)CCCN2)C1. The van der Waals surface area contributed by atoms with Crippen LogP contribution in [0.5, 0.6) is 0 Å². The number of carbonyl (C=O) groups is 2. The summed E-state index contributed by atoms with van der Waals surface area (Å²) in [5, 5.41) is 3.38. The lowest BCUT2D eigenvalue weighted by Crippen LogP contribution is -2.57. The van der Waals surface area contributed by atoms with Crippen LogP contribution < -0.4 is 5.32 Å². The van der Waals surface area contributed by atoms with Crippen molar-refractivity contribution in [2.75, 3.05) is 26.2 Å². The summed E-state index contributed by atoms with van der Waals surface area (Å²) in [4.78, 5) is 26.5. The molecule has 0 aromatic rings. The summed E-state index contributed by atoms with van der Waals surface area (Å²) in [5.41, 5.74) is -0.392. The number of likely N-dealkylation sites (tertiary alicyclic amines) is 1. The molecule has 5 nitrogen and oxygen atoms in total. The van der Waals surface area contributed by atoms with Gasteiger partial charge in [0.25, 0.3) is 0 Å². The molecule has 2 atom stereocenters. The standard InChI is InChI=1S/C15H26N2O3/c1-3-15(8-6-9-16-15)14(19)17-10-5-7-12(11-17)13(18)20-4-2/h12,16H,3-11H2,1-2H3. The van der Waals surface area contributed by atoms with Crippen LogP contribution in [0, 0.1) is 5.92 Å². The molecular formula is C15H26N2O3. The molecule has 0 spiro atoms. The minimum atomic E-state index is -0.392. The molecule has 2 fully saturated rings. The Morgan fingerprint density at radius 3 is 2.75 bits per heavy atom. The molecule has 2 aliphatic heterocycles. The molecule has 0 bridgehead atoms. The van der Waals surface area contributed by atoms with Gasteiger partial charge in [-0.05, 0) is 45.6 Å². The van der Waals surface area contributed by atoms with Crippen LogP contribution in [0.1, 0.15) is 46.0 Å². The average Bonchev–Trinajstić information content (AvgIpc) is 2.97. The molecule has 0 aliphatic carbocycles. The molecule has 2 heterocycles. The minimum Gasteiger partial charge on any atom is -0.466 e. The Bertz CT molecular complexity index is 364. The number of amides is 1. The molecule has 0 saturated carbocycles. The first-order valence-corrected chi connectivity index (χ1v) is 7.84. The second-order valence-electron chi connectivity index (χ2n) is 5.81. The van der Waals surface area contributed by atoms with Crippen molar-refractivity contribution in [3.05, 3.63) is 0 Å². The maximum Gasteiger partial charge on any atom is 0.310 e. The lowest BCUT2D eigenvalue weighted by molar-refractivity contribution is -0.152. The van der Waals surface area contributed by atoms with E-state index in [1.807, 2.05) is 11.8 Å². The third-order valence-electron chi connectivity index (χ3n) is 4.59. The van der Waals surface area contributed by atoms with Crippen molar-refractivity contribution in [1.82, 2.24) is 10.2 Å². The summed E-state index contributed by atoms with van der Waals surface area (Å²) in [6, 6.07) is 0. The molecule has 1 amide bonds. The quantitative estimate of drug-likeness (QED) is 0.790. The highest BCUT2D eigenvalue weighted by atomic mass is 16.5. The van der Waals surface area contributed by atoms with Gasteiger partial charge in [0.05, 0.1) is 18.1 Å². The lowest BCUT2D eigenvalue weighted by atomic mass is 9.90. The molecule has 0 radical (unpaired) electrons. The Labute approximate surface area is 121 Å². The molecular weight excluding hydrogens is 256 g/mol. The van der Waals surface area contributed by atoms with Gasteiger partial charge >= 0.3 is 5.97 Å². The van der Waals surface area contributed by atoms with Crippen molar-refractivity contribution in [2.45, 2.75) is 51.5 Å². The van der Waals surface area contributed by atoms with Crippen LogP contribution in [0.4, 0.5) is 0 Å². The van der Waals surface area contributed by atoms with E-state index in [0.717, 1.165) is 45.2 Å². The molecule has 114 valence electrons. The van der Waals surface area contributed by atoms with Crippen LogP contribution in [0.2, 0.25) is 0 Å². The van der Waals surface area contributed by atoms with Gasteiger partial charge in [0.1, 0.15) is 0 Å². The van der Waals surface area contributed by atoms with Crippen molar-refractivity contribution in [3.8, 4) is 0 Å². The molecule has 2 aliphatic rings. The van der Waals surface area contributed by atoms with E-state index in [1.54, 1.807) is 0 Å². The van der Waals surface area contributed by atoms with Crippen LogP contribution >= 0.6 is 0 Å². The third-order valence-corrected chi connectivity index (χ3v) is 4.59. The summed E-state index contributed by atoms with van der Waals surface area (Å²) in [6.07, 6.45) is 4.48. The Kier molecular flexibility index (Phi) is 5.02. The van der Waals surface area contributed by atoms with E-state index in [4.69, 9.17) is 4.74 Å². The summed E-state index contributed by atoms with van der Waals surface area (Å²) in [5.74, 6) is -0.135. The van der Waals surface area contributed by atoms with Crippen LogP contribution in [0.15, 0.2) is 0 Å². The number of hydrogen-bond donors (Lipinski definition) is 1. The van der Waals surface area contributed by atoms with Crippen molar-refractivity contribution in [3.63, 3.8) is 0 Å². The summed E-state index contributed by atoms with van der Waals surface area (Å²) in [7, 11) is 0. The Morgan fingerprint density at radius 1 is 1.35 bits per heavy atom. The van der Waals surface area contributed by atoms with Gasteiger partial charge in [-0.25, -0.2) is 0 Å². The fraction of sp³-hybridized carbons (Fsp3) is 0.867. The summed E-state index contributed by atoms with van der Waals surface area (Å²) >= 11 is 0. The van der Waals surface area contributed by atoms with Gasteiger partial charge in [0.15, 0.2) is 0 Å². The lowest BCUT2D eigenvalue weighted by Gasteiger charge is -2.38. The minimum absolute atomic E-state index is 0.150. The largest absolute Gasteiger partial charge is 0.466 e. The highest BCUT2D eigenvalue weighted by Crippen LogP contribution is 2.28. The highest BCUT2D eigenvalue weighted by molar-refractivity contribution is 5.87. The smallest absolute Gasteiger partial charge is 0.310 e. The van der Waals surface area contributed by atoms with Gasteiger partial charge < -0.3 is 15.0 Å². The molecule has 2 saturated heterocycles. The molecule has 2 unspecified atom stereocenters. The van der Waals surface area contributed by atoms with Crippen LogP contribution in [0.25, 0.3) is 0 Å². The average molecular weight is 282 g/mol. The molecule has 2 rings (SSSR count). The number of rotatable bonds is 4. The topological polar surface area (TPSA) is 58.6 Å². The van der Waals surface area contributed by atoms with Gasteiger partial charge in [0.2, 0.25) is 5.91 Å². The van der Waals surface area contributed by atoms with E-state index in [2.05, 4.69) is 12.2 Å². The third kappa shape index (κ3) is 2.97. The summed E-state index contributed by atoms with van der Waals surface area (Å²) in [6.45, 7) is 6.47. The maximum atomic E-state index is 12.8. The molecule has 5 heteroatoms. The summed E-state index contributed by atoms with van der Waals surface area (Å²) < 4.78 is 5.09. The van der Waals surface area contributed by atoms with Crippen molar-refractivity contribution >= 4 is 11.9 Å². The monoisotopic (exact) mass is 282 g/mol. The zero-order valence-corrected chi connectivity index (χ0v) is 12.6. The fourth-order valence-corrected chi connectivity index (χ4v) is 3.36. The Morgan fingerprint density at radius 2 is 2.15 bits per heavy atom. The first kappa shape index (κ1) is 15.3. The van der Waals surface area contributed by atoms with Gasteiger partial charge in [0, 0.05) is 13.1 Å². The number of ether oxygens (including phenoxy) is 1. The fourth-order valence-electron chi connectivity index (χ4n) is 3.36. The second kappa shape index (κ2) is 6.57. The number of carbonyl (C=O) groups excluding carboxylic acids is 2. The van der Waals surface area contributed by atoms with Crippen molar-refractivity contribution < 1.29 is 14.3 Å². The van der Waals surface area contributed by atoms with Gasteiger partial charge in [-0.15, -0.1) is 0 Å². The maximum absolute atomic E-state index is 12.8. The Balaban J connectivity index is 2.01. The second-order valence-corrected chi connectivity index (χ2v) is 5.81. The number of piperidine rings is 1. The van der Waals surface area contributed by atoms with E-state index >= 15 is 0 Å². The van der Waals surface area contributed by atoms with E-state index in [0.29, 0.717) is 13.2 Å². The molecule has 0 aromatic heterocycles. The zero-order valence-electron chi connectivity index (χ0n) is 12.6. The first-order chi connectivity index (χ1) is 9.63. The number of esters is 1. The van der Waals surface area contributed by atoms with Crippen LogP contribution in [0.3, 0.4) is 0 Å². The number of nitrogens with one attached hydrogen (secondary N) is 1. The van der Waals surface area contributed by atoms with Crippen LogP contribution in [-0.2, 0) is 14.3 Å². The normalized spacial score (nSPS) is 30.3. The van der Waals surface area contributed by atoms with Crippen molar-refractivity contribution in [2.24, 2.45) is 5.92 Å². The van der Waals surface area contributed by atoms with Gasteiger partial charge in [-0.2, -0.15) is 0 Å². The van der Waals surface area contributed by atoms with E-state index < -0.39 is 5.54 Å². The first-order valence-electron chi connectivity index (χ1n) is 7.84. The predicted molar refractivity (Wildman–Crippen MR) is 76.2 cm³/mol.